The lowest BCUT2D eigenvalue weighted by molar-refractivity contribution is -0.130. The molecule has 2 aromatic rings. The molecule has 1 amide bonds. The lowest BCUT2D eigenvalue weighted by atomic mass is 10.1. The van der Waals surface area contributed by atoms with Crippen LogP contribution in [0.2, 0.25) is 0 Å². The molecule has 1 aromatic carbocycles. The van der Waals surface area contributed by atoms with Crippen LogP contribution >= 0.6 is 0 Å². The first-order valence-corrected chi connectivity index (χ1v) is 7.28. The number of phenols is 2. The normalized spacial score (nSPS) is 11.0. The smallest absolute Gasteiger partial charge is 0.434 e. The van der Waals surface area contributed by atoms with Crippen LogP contribution in [0, 0.1) is 0 Å². The Morgan fingerprint density at radius 1 is 1.20 bits per heavy atom. The number of hydrogen-bond acceptors (Lipinski definition) is 5. The summed E-state index contributed by atoms with van der Waals surface area (Å²) < 4.78 is 5.97. The van der Waals surface area contributed by atoms with Gasteiger partial charge in [-0.25, -0.2) is 9.59 Å². The third-order valence-electron chi connectivity index (χ3n) is 3.14. The van der Waals surface area contributed by atoms with Crippen LogP contribution in [0.3, 0.4) is 0 Å². The van der Waals surface area contributed by atoms with Crippen molar-refractivity contribution in [2.24, 2.45) is 4.99 Å². The van der Waals surface area contributed by atoms with Gasteiger partial charge in [0.05, 0.1) is 12.0 Å². The van der Waals surface area contributed by atoms with Crippen molar-refractivity contribution in [2.75, 3.05) is 6.61 Å². The van der Waals surface area contributed by atoms with Crippen LogP contribution in [-0.2, 0) is 9.53 Å². The summed E-state index contributed by atoms with van der Waals surface area (Å²) >= 11 is 0. The Morgan fingerprint density at radius 3 is 2.48 bits per heavy atom. The van der Waals surface area contributed by atoms with Gasteiger partial charge in [0.1, 0.15) is 5.70 Å². The van der Waals surface area contributed by atoms with Gasteiger partial charge in [-0.05, 0) is 31.2 Å². The average molecular weight is 344 g/mol. The number of carboxylic acids is 1. The lowest BCUT2D eigenvalue weighted by Crippen LogP contribution is -2.12. The number of amides is 1. The van der Waals surface area contributed by atoms with E-state index in [1.165, 1.54) is 53.4 Å². The molecule has 0 aliphatic carbocycles. The summed E-state index contributed by atoms with van der Waals surface area (Å²) in [5.74, 6) is -2.02. The first-order valence-electron chi connectivity index (χ1n) is 7.28. The maximum atomic E-state index is 11.5. The molecule has 1 aromatic heterocycles. The van der Waals surface area contributed by atoms with E-state index in [2.05, 4.69) is 4.99 Å². The summed E-state index contributed by atoms with van der Waals surface area (Å²) in [5, 5.41) is 29.0. The molecule has 0 unspecified atom stereocenters. The minimum Gasteiger partial charge on any atom is -0.504 e. The molecule has 0 atom stereocenters. The molecule has 0 saturated carbocycles. The fourth-order valence-electron chi connectivity index (χ4n) is 1.97. The van der Waals surface area contributed by atoms with E-state index < -0.39 is 17.8 Å². The Morgan fingerprint density at radius 2 is 1.88 bits per heavy atom. The number of benzene rings is 1. The number of aromatic nitrogens is 1. The molecule has 1 heterocycles. The molecule has 25 heavy (non-hydrogen) atoms. The Hall–Kier alpha value is -3.55. The maximum absolute atomic E-state index is 11.5. The van der Waals surface area contributed by atoms with E-state index >= 15 is 0 Å². The number of hydrogen-bond donors (Lipinski definition) is 3. The highest BCUT2D eigenvalue weighted by molar-refractivity contribution is 6.14. The Kier molecular flexibility index (Phi) is 5.57. The van der Waals surface area contributed by atoms with Crippen LogP contribution < -0.4 is 5.36 Å². The van der Waals surface area contributed by atoms with Gasteiger partial charge < -0.3 is 24.6 Å². The molecule has 0 fully saturated rings. The number of pyridine rings is 1. The molecule has 0 aliphatic rings. The number of carboxylic acid groups (broad SMARTS) is 1. The molecule has 0 saturated heterocycles. The number of ether oxygens (including phenoxy) is 1. The molecule has 3 N–H and O–H groups in total. The van der Waals surface area contributed by atoms with Gasteiger partial charge in [0, 0.05) is 18.0 Å². The second kappa shape index (κ2) is 7.82. The number of rotatable bonds is 4. The Bertz CT molecular complexity index is 878. The van der Waals surface area contributed by atoms with Gasteiger partial charge in [-0.15, -0.1) is 0 Å². The van der Waals surface area contributed by atoms with Gasteiger partial charge in [-0.1, -0.05) is 12.1 Å². The SMILES string of the molecule is CCOC(=O)N=c1ccn(C(=Cc2cccc(O)c2O)C(=O)O)cc1. The van der Waals surface area contributed by atoms with Gasteiger partial charge in [0.15, 0.2) is 11.5 Å². The zero-order valence-electron chi connectivity index (χ0n) is 13.3. The highest BCUT2D eigenvalue weighted by Crippen LogP contribution is 2.30. The summed E-state index contributed by atoms with van der Waals surface area (Å²) in [7, 11) is 0. The number of aromatic hydroxyl groups is 2. The summed E-state index contributed by atoms with van der Waals surface area (Å²) in [4.78, 5) is 26.5. The van der Waals surface area contributed by atoms with E-state index in [9.17, 15) is 24.9 Å². The zero-order valence-corrected chi connectivity index (χ0v) is 13.3. The third kappa shape index (κ3) is 4.47. The molecule has 8 nitrogen and oxygen atoms in total. The molecule has 0 radical (unpaired) electrons. The van der Waals surface area contributed by atoms with Gasteiger partial charge in [0.25, 0.3) is 0 Å². The molecular weight excluding hydrogens is 328 g/mol. The number of carbonyl (C=O) groups is 2. The van der Waals surface area contributed by atoms with Crippen molar-refractivity contribution in [3.63, 3.8) is 0 Å². The van der Waals surface area contributed by atoms with Crippen molar-refractivity contribution in [2.45, 2.75) is 6.92 Å². The fraction of sp³-hybridized carbons (Fsp3) is 0.118. The molecule has 2 rings (SSSR count). The monoisotopic (exact) mass is 344 g/mol. The van der Waals surface area contributed by atoms with Crippen LogP contribution in [0.5, 0.6) is 11.5 Å². The first-order chi connectivity index (χ1) is 11.9. The molecule has 130 valence electrons. The number of nitrogens with zero attached hydrogens (tertiary/aromatic N) is 2. The van der Waals surface area contributed by atoms with E-state index in [-0.39, 0.29) is 23.6 Å². The van der Waals surface area contributed by atoms with Crippen molar-refractivity contribution >= 4 is 23.8 Å². The predicted molar refractivity (Wildman–Crippen MR) is 88.6 cm³/mol. The average Bonchev–Trinajstić information content (AvgIpc) is 2.57. The van der Waals surface area contributed by atoms with Crippen molar-refractivity contribution < 1.29 is 29.6 Å². The summed E-state index contributed by atoms with van der Waals surface area (Å²) in [6.45, 7) is 1.86. The minimum absolute atomic E-state index is 0.144. The van der Waals surface area contributed by atoms with E-state index in [0.29, 0.717) is 5.36 Å². The van der Waals surface area contributed by atoms with Crippen LogP contribution in [0.15, 0.2) is 47.7 Å². The van der Waals surface area contributed by atoms with Crippen molar-refractivity contribution in [1.29, 1.82) is 0 Å². The number of para-hydroxylation sites is 1. The Labute approximate surface area is 142 Å². The molecule has 0 spiro atoms. The van der Waals surface area contributed by atoms with Crippen molar-refractivity contribution in [3.05, 3.63) is 53.6 Å². The maximum Gasteiger partial charge on any atom is 0.434 e. The van der Waals surface area contributed by atoms with E-state index in [0.717, 1.165) is 0 Å². The highest BCUT2D eigenvalue weighted by atomic mass is 16.5. The summed E-state index contributed by atoms with van der Waals surface area (Å²) in [6.07, 6.45) is 3.27. The molecule has 8 heteroatoms. The van der Waals surface area contributed by atoms with E-state index in [4.69, 9.17) is 4.74 Å². The first kappa shape index (κ1) is 17.8. The van der Waals surface area contributed by atoms with Crippen molar-refractivity contribution in [1.82, 2.24) is 4.57 Å². The fourth-order valence-corrected chi connectivity index (χ4v) is 1.97. The third-order valence-corrected chi connectivity index (χ3v) is 3.14. The largest absolute Gasteiger partial charge is 0.504 e. The lowest BCUT2D eigenvalue weighted by Gasteiger charge is -2.08. The van der Waals surface area contributed by atoms with Crippen LogP contribution in [0.4, 0.5) is 4.79 Å². The summed E-state index contributed by atoms with van der Waals surface area (Å²) in [6, 6.07) is 7.10. The number of carbonyl (C=O) groups excluding carboxylic acids is 1. The van der Waals surface area contributed by atoms with E-state index in [1.54, 1.807) is 6.92 Å². The van der Waals surface area contributed by atoms with Crippen LogP contribution in [0.25, 0.3) is 11.8 Å². The Balaban J connectivity index is 2.42. The standard InChI is InChI=1S/C17H16N2O6/c1-2-25-17(24)18-12-6-8-19(9-7-12)13(16(22)23)10-11-4-3-5-14(20)15(11)21/h3-10,20-21H,2H2,1H3,(H,22,23). The van der Waals surface area contributed by atoms with Crippen LogP contribution in [0.1, 0.15) is 12.5 Å². The van der Waals surface area contributed by atoms with Gasteiger partial charge in [0.2, 0.25) is 0 Å². The van der Waals surface area contributed by atoms with Crippen LogP contribution in [-0.4, -0.2) is 38.6 Å². The quantitative estimate of drug-likeness (QED) is 0.576. The van der Waals surface area contributed by atoms with Crippen molar-refractivity contribution in [3.8, 4) is 11.5 Å². The number of aliphatic carboxylic acids is 1. The number of phenolic OH excluding ortho intramolecular Hbond substituents is 2. The molecule has 0 bridgehead atoms. The van der Waals surface area contributed by atoms with Gasteiger partial charge in [-0.3, -0.25) is 0 Å². The highest BCUT2D eigenvalue weighted by Gasteiger charge is 2.12. The predicted octanol–water partition coefficient (Wildman–Crippen LogP) is 2.04. The topological polar surface area (TPSA) is 121 Å². The minimum atomic E-state index is -1.25. The molecular formula is C17H16N2O6. The second-order valence-electron chi connectivity index (χ2n) is 4.82. The molecule has 0 aliphatic heterocycles. The summed E-state index contributed by atoms with van der Waals surface area (Å²) in [5.41, 5.74) is -0.0335. The van der Waals surface area contributed by atoms with Gasteiger partial charge in [-0.2, -0.15) is 4.99 Å². The van der Waals surface area contributed by atoms with Gasteiger partial charge >= 0.3 is 12.1 Å². The van der Waals surface area contributed by atoms with E-state index in [1.807, 2.05) is 0 Å². The second-order valence-corrected chi connectivity index (χ2v) is 4.82. The zero-order chi connectivity index (χ0) is 18.4.